The summed E-state index contributed by atoms with van der Waals surface area (Å²) in [6.07, 6.45) is 0.865. The number of nitrogens with zero attached hydrogens (tertiary/aromatic N) is 1. The second kappa shape index (κ2) is 6.79. The van der Waals surface area contributed by atoms with Crippen LogP contribution in [-0.2, 0) is 11.2 Å². The summed E-state index contributed by atoms with van der Waals surface area (Å²) in [5.74, 6) is 5.74. The number of aromatic nitrogens is 1. The molecule has 1 rings (SSSR count). The zero-order valence-corrected chi connectivity index (χ0v) is 13.7. The molecule has 0 fully saturated rings. The molecule has 0 amide bonds. The van der Waals surface area contributed by atoms with Gasteiger partial charge in [-0.2, -0.15) is 0 Å². The smallest absolute Gasteiger partial charge is 0.0947 e. The van der Waals surface area contributed by atoms with Gasteiger partial charge in [-0.05, 0) is 26.2 Å². The Morgan fingerprint density at radius 1 is 1.37 bits per heavy atom. The molecule has 0 aliphatic rings. The van der Waals surface area contributed by atoms with Crippen LogP contribution in [0.3, 0.4) is 0 Å². The van der Waals surface area contributed by atoms with Crippen molar-refractivity contribution in [2.75, 3.05) is 6.61 Å². The summed E-state index contributed by atoms with van der Waals surface area (Å²) in [4.78, 5) is 5.86. The molecule has 0 radical (unpaired) electrons. The predicted molar refractivity (Wildman–Crippen MR) is 81.3 cm³/mol. The van der Waals surface area contributed by atoms with Gasteiger partial charge in [0.2, 0.25) is 0 Å². The lowest BCUT2D eigenvalue weighted by atomic mass is 9.83. The van der Waals surface area contributed by atoms with Gasteiger partial charge < -0.3 is 4.74 Å². The minimum Gasteiger partial charge on any atom is -0.376 e. The van der Waals surface area contributed by atoms with E-state index in [0.717, 1.165) is 17.1 Å². The summed E-state index contributed by atoms with van der Waals surface area (Å²) in [6, 6.07) is 0.0740. The van der Waals surface area contributed by atoms with Crippen molar-refractivity contribution in [1.82, 2.24) is 10.4 Å². The number of nitrogens with two attached hydrogens (primary N) is 1. The number of hydrazine groups is 1. The highest BCUT2D eigenvalue weighted by molar-refractivity contribution is 7.11. The van der Waals surface area contributed by atoms with E-state index in [9.17, 15) is 0 Å². The zero-order valence-electron chi connectivity index (χ0n) is 12.9. The first kappa shape index (κ1) is 16.6. The zero-order chi connectivity index (χ0) is 14.6. The van der Waals surface area contributed by atoms with E-state index in [0.29, 0.717) is 6.61 Å². The molecule has 1 heterocycles. The highest BCUT2D eigenvalue weighted by Gasteiger charge is 2.33. The van der Waals surface area contributed by atoms with Crippen molar-refractivity contribution in [1.29, 1.82) is 0 Å². The molecule has 4 nitrogen and oxygen atoms in total. The molecular weight excluding hydrogens is 258 g/mol. The molecule has 0 saturated carbocycles. The molecular formula is C14H27N3OS. The predicted octanol–water partition coefficient (Wildman–Crippen LogP) is 2.59. The summed E-state index contributed by atoms with van der Waals surface area (Å²) in [5, 5.41) is 1.12. The standard InChI is InChI=1S/C14H27N3OS/c1-7-18-13(14(4,5)6)11(17-15)8-12-16-9(2)10(3)19-12/h11,13,17H,7-8,15H2,1-6H3. The molecule has 0 aromatic carbocycles. The molecule has 0 aliphatic heterocycles. The van der Waals surface area contributed by atoms with Gasteiger partial charge in [-0.15, -0.1) is 11.3 Å². The molecule has 110 valence electrons. The fourth-order valence-corrected chi connectivity index (χ4v) is 3.21. The first-order valence-corrected chi connectivity index (χ1v) is 7.61. The Bertz CT molecular complexity index is 378. The van der Waals surface area contributed by atoms with Gasteiger partial charge in [0, 0.05) is 17.9 Å². The van der Waals surface area contributed by atoms with E-state index in [4.69, 9.17) is 10.6 Å². The molecule has 2 atom stereocenters. The Morgan fingerprint density at radius 3 is 2.37 bits per heavy atom. The van der Waals surface area contributed by atoms with Crippen LogP contribution >= 0.6 is 11.3 Å². The summed E-state index contributed by atoms with van der Waals surface area (Å²) in [5.41, 5.74) is 4.06. The molecule has 0 saturated heterocycles. The van der Waals surface area contributed by atoms with Gasteiger partial charge in [0.25, 0.3) is 0 Å². The van der Waals surface area contributed by atoms with Crippen molar-refractivity contribution in [2.45, 2.75) is 60.1 Å². The lowest BCUT2D eigenvalue weighted by Crippen LogP contribution is -2.52. The summed E-state index contributed by atoms with van der Waals surface area (Å²) >= 11 is 1.74. The van der Waals surface area contributed by atoms with Gasteiger partial charge in [-0.1, -0.05) is 20.8 Å². The van der Waals surface area contributed by atoms with Crippen molar-refractivity contribution >= 4 is 11.3 Å². The highest BCUT2D eigenvalue weighted by atomic mass is 32.1. The largest absolute Gasteiger partial charge is 0.376 e. The maximum atomic E-state index is 5.90. The van der Waals surface area contributed by atoms with Gasteiger partial charge in [0.05, 0.1) is 22.8 Å². The van der Waals surface area contributed by atoms with Crippen molar-refractivity contribution in [3.05, 3.63) is 15.6 Å². The average molecular weight is 285 g/mol. The van der Waals surface area contributed by atoms with Crippen LogP contribution < -0.4 is 11.3 Å². The number of ether oxygens (including phenoxy) is 1. The van der Waals surface area contributed by atoms with E-state index in [-0.39, 0.29) is 17.6 Å². The van der Waals surface area contributed by atoms with E-state index in [2.05, 4.69) is 38.1 Å². The second-order valence-electron chi connectivity index (χ2n) is 5.97. The summed E-state index contributed by atoms with van der Waals surface area (Å²) in [7, 11) is 0. The molecule has 5 heteroatoms. The summed E-state index contributed by atoms with van der Waals surface area (Å²) in [6.45, 7) is 13.4. The lowest BCUT2D eigenvalue weighted by Gasteiger charge is -2.36. The molecule has 3 N–H and O–H groups in total. The average Bonchev–Trinajstić information content (AvgIpc) is 2.61. The number of hydrogen-bond donors (Lipinski definition) is 2. The monoisotopic (exact) mass is 285 g/mol. The molecule has 1 aromatic rings. The molecule has 0 aliphatic carbocycles. The molecule has 0 spiro atoms. The first-order valence-electron chi connectivity index (χ1n) is 6.80. The molecule has 1 aromatic heterocycles. The van der Waals surface area contributed by atoms with Crippen LogP contribution in [0.15, 0.2) is 0 Å². The first-order chi connectivity index (χ1) is 8.79. The highest BCUT2D eigenvalue weighted by Crippen LogP contribution is 2.27. The van der Waals surface area contributed by atoms with E-state index < -0.39 is 0 Å². The van der Waals surface area contributed by atoms with Crippen molar-refractivity contribution in [2.24, 2.45) is 11.3 Å². The Morgan fingerprint density at radius 2 is 2.00 bits per heavy atom. The van der Waals surface area contributed by atoms with Crippen molar-refractivity contribution in [3.8, 4) is 0 Å². The summed E-state index contributed by atoms with van der Waals surface area (Å²) < 4.78 is 5.90. The van der Waals surface area contributed by atoms with E-state index in [1.807, 2.05) is 13.8 Å². The normalized spacial score (nSPS) is 15.5. The van der Waals surface area contributed by atoms with Gasteiger partial charge in [0.15, 0.2) is 0 Å². The minimum atomic E-state index is 0.0361. The molecule has 2 unspecified atom stereocenters. The van der Waals surface area contributed by atoms with Crippen molar-refractivity contribution < 1.29 is 4.74 Å². The number of rotatable bonds is 6. The van der Waals surface area contributed by atoms with Crippen LogP contribution in [0.4, 0.5) is 0 Å². The maximum absolute atomic E-state index is 5.90. The number of hydrogen-bond acceptors (Lipinski definition) is 5. The Labute approximate surface area is 120 Å². The van der Waals surface area contributed by atoms with Gasteiger partial charge in [-0.25, -0.2) is 4.98 Å². The topological polar surface area (TPSA) is 60.2 Å². The lowest BCUT2D eigenvalue weighted by molar-refractivity contribution is -0.0356. The third-order valence-electron chi connectivity index (χ3n) is 3.25. The molecule has 19 heavy (non-hydrogen) atoms. The van der Waals surface area contributed by atoms with Gasteiger partial charge in [0.1, 0.15) is 0 Å². The van der Waals surface area contributed by atoms with E-state index in [1.54, 1.807) is 11.3 Å². The van der Waals surface area contributed by atoms with Crippen molar-refractivity contribution in [3.63, 3.8) is 0 Å². The number of aryl methyl sites for hydroxylation is 2. The quantitative estimate of drug-likeness (QED) is 0.623. The molecule has 0 bridgehead atoms. The van der Waals surface area contributed by atoms with Crippen LogP contribution in [0.2, 0.25) is 0 Å². The minimum absolute atomic E-state index is 0.0361. The number of thiazole rings is 1. The Hall–Kier alpha value is -0.490. The van der Waals surface area contributed by atoms with Gasteiger partial charge in [-0.3, -0.25) is 11.3 Å². The van der Waals surface area contributed by atoms with Crippen LogP contribution in [0.25, 0.3) is 0 Å². The van der Waals surface area contributed by atoms with E-state index >= 15 is 0 Å². The SMILES string of the molecule is CCOC(C(Cc1nc(C)c(C)s1)NN)C(C)(C)C. The fraction of sp³-hybridized carbons (Fsp3) is 0.786. The van der Waals surface area contributed by atoms with Crippen LogP contribution in [0.1, 0.15) is 43.3 Å². The van der Waals surface area contributed by atoms with Crippen LogP contribution in [0, 0.1) is 19.3 Å². The second-order valence-corrected chi connectivity index (χ2v) is 7.26. The number of nitrogens with one attached hydrogen (secondary N) is 1. The third kappa shape index (κ3) is 4.53. The Kier molecular flexibility index (Phi) is 5.92. The van der Waals surface area contributed by atoms with E-state index in [1.165, 1.54) is 4.88 Å². The third-order valence-corrected chi connectivity index (χ3v) is 4.34. The van der Waals surface area contributed by atoms with Crippen LogP contribution in [-0.4, -0.2) is 23.7 Å². The Balaban J connectivity index is 2.85. The van der Waals surface area contributed by atoms with Crippen LogP contribution in [0.5, 0.6) is 0 Å². The maximum Gasteiger partial charge on any atom is 0.0947 e. The van der Waals surface area contributed by atoms with Gasteiger partial charge >= 0.3 is 0 Å². The fourth-order valence-electron chi connectivity index (χ4n) is 2.22.